The smallest absolute Gasteiger partial charge is 0.0991 e. The number of anilines is 1. The predicted molar refractivity (Wildman–Crippen MR) is 88.9 cm³/mol. The molecule has 0 amide bonds. The van der Waals surface area contributed by atoms with Gasteiger partial charge >= 0.3 is 0 Å². The van der Waals surface area contributed by atoms with E-state index in [-0.39, 0.29) is 0 Å². The van der Waals surface area contributed by atoms with Gasteiger partial charge < -0.3 is 10.0 Å². The van der Waals surface area contributed by atoms with Gasteiger partial charge in [0.15, 0.2) is 0 Å². The van der Waals surface area contributed by atoms with Crippen molar-refractivity contribution in [1.82, 2.24) is 9.88 Å². The number of benzene rings is 1. The van der Waals surface area contributed by atoms with E-state index in [2.05, 4.69) is 20.9 Å². The average Bonchev–Trinajstić information content (AvgIpc) is 2.77. The highest BCUT2D eigenvalue weighted by Gasteiger charge is 2.21. The number of nitriles is 1. The van der Waals surface area contributed by atoms with E-state index in [0.29, 0.717) is 18.7 Å². The van der Waals surface area contributed by atoms with Crippen LogP contribution in [0.5, 0.6) is 0 Å². The Hall–Kier alpha value is -2.42. The summed E-state index contributed by atoms with van der Waals surface area (Å²) in [7, 11) is 0. The zero-order valence-electron chi connectivity index (χ0n) is 13.0. The molecule has 0 aliphatic carbocycles. The highest BCUT2D eigenvalue weighted by Crippen LogP contribution is 2.17. The van der Waals surface area contributed by atoms with Crippen LogP contribution in [0.25, 0.3) is 0 Å². The lowest BCUT2D eigenvalue weighted by molar-refractivity contribution is 0.129. The fourth-order valence-corrected chi connectivity index (χ4v) is 2.99. The van der Waals surface area contributed by atoms with Gasteiger partial charge in [-0.15, -0.1) is 0 Å². The molecule has 1 N–H and O–H groups in total. The first-order chi connectivity index (χ1) is 11.2. The number of rotatable bonds is 3. The quantitative estimate of drug-likeness (QED) is 0.934. The van der Waals surface area contributed by atoms with E-state index in [0.717, 1.165) is 30.9 Å². The van der Waals surface area contributed by atoms with Gasteiger partial charge in [-0.3, -0.25) is 9.88 Å². The number of pyridine rings is 1. The summed E-state index contributed by atoms with van der Waals surface area (Å²) < 4.78 is 0. The minimum atomic E-state index is -0.398. The highest BCUT2D eigenvalue weighted by atomic mass is 16.3. The summed E-state index contributed by atoms with van der Waals surface area (Å²) in [6.45, 7) is 3.74. The second-order valence-electron chi connectivity index (χ2n) is 5.85. The zero-order chi connectivity index (χ0) is 16.1. The third-order valence-electron chi connectivity index (χ3n) is 4.08. The molecule has 0 spiro atoms. The Balaban J connectivity index is 1.67. The van der Waals surface area contributed by atoms with E-state index >= 15 is 0 Å². The lowest BCUT2D eigenvalue weighted by Gasteiger charge is -2.23. The first kappa shape index (κ1) is 15.5. The standard InChI is InChI=1S/C18H20N4O/c19-11-15-2-1-3-16(10-15)12-21-8-9-22(14-18(23)13-21)17-4-6-20-7-5-17/h1-7,10,18,23H,8-9,12-14H2/t18-/m0/s1. The molecule has 1 saturated heterocycles. The number of aromatic nitrogens is 1. The molecule has 1 aromatic carbocycles. The van der Waals surface area contributed by atoms with Gasteiger partial charge in [0.1, 0.15) is 0 Å². The maximum atomic E-state index is 10.3. The molecule has 23 heavy (non-hydrogen) atoms. The van der Waals surface area contributed by atoms with E-state index in [9.17, 15) is 5.11 Å². The maximum absolute atomic E-state index is 10.3. The van der Waals surface area contributed by atoms with Crippen LogP contribution in [0.1, 0.15) is 11.1 Å². The first-order valence-corrected chi connectivity index (χ1v) is 7.79. The van der Waals surface area contributed by atoms with E-state index < -0.39 is 6.10 Å². The van der Waals surface area contributed by atoms with Crippen molar-refractivity contribution >= 4 is 5.69 Å². The second-order valence-corrected chi connectivity index (χ2v) is 5.85. The summed E-state index contributed by atoms with van der Waals surface area (Å²) in [5.74, 6) is 0. The van der Waals surface area contributed by atoms with Crippen molar-refractivity contribution in [3.8, 4) is 6.07 Å². The van der Waals surface area contributed by atoms with Crippen molar-refractivity contribution in [3.05, 3.63) is 59.9 Å². The molecule has 1 aromatic heterocycles. The van der Waals surface area contributed by atoms with Gasteiger partial charge in [0, 0.05) is 50.8 Å². The number of nitrogens with zero attached hydrogens (tertiary/aromatic N) is 4. The van der Waals surface area contributed by atoms with E-state index in [1.165, 1.54) is 0 Å². The third-order valence-corrected chi connectivity index (χ3v) is 4.08. The Morgan fingerprint density at radius 2 is 2.00 bits per heavy atom. The molecule has 0 saturated carbocycles. The van der Waals surface area contributed by atoms with Crippen molar-refractivity contribution in [2.75, 3.05) is 31.1 Å². The van der Waals surface area contributed by atoms with Crippen LogP contribution < -0.4 is 4.90 Å². The fourth-order valence-electron chi connectivity index (χ4n) is 2.99. The Morgan fingerprint density at radius 3 is 2.78 bits per heavy atom. The van der Waals surface area contributed by atoms with E-state index in [1.54, 1.807) is 12.4 Å². The number of aliphatic hydroxyl groups excluding tert-OH is 1. The molecule has 0 unspecified atom stereocenters. The van der Waals surface area contributed by atoms with Gasteiger partial charge in [-0.2, -0.15) is 5.26 Å². The van der Waals surface area contributed by atoms with Crippen molar-refractivity contribution in [2.24, 2.45) is 0 Å². The average molecular weight is 308 g/mol. The molecule has 2 heterocycles. The van der Waals surface area contributed by atoms with E-state index in [4.69, 9.17) is 5.26 Å². The van der Waals surface area contributed by atoms with Crippen molar-refractivity contribution < 1.29 is 5.11 Å². The Bertz CT molecular complexity index is 683. The van der Waals surface area contributed by atoms with Crippen LogP contribution in [0.3, 0.4) is 0 Å². The van der Waals surface area contributed by atoms with Crippen molar-refractivity contribution in [3.63, 3.8) is 0 Å². The molecule has 3 rings (SSSR count). The third kappa shape index (κ3) is 4.07. The van der Waals surface area contributed by atoms with Gasteiger partial charge in [-0.1, -0.05) is 12.1 Å². The molecular formula is C18H20N4O. The number of aliphatic hydroxyl groups is 1. The van der Waals surface area contributed by atoms with Crippen LogP contribution in [-0.2, 0) is 6.54 Å². The summed E-state index contributed by atoms with van der Waals surface area (Å²) in [5, 5.41) is 19.3. The lowest BCUT2D eigenvalue weighted by atomic mass is 10.1. The van der Waals surface area contributed by atoms with Crippen LogP contribution in [0, 0.1) is 11.3 Å². The van der Waals surface area contributed by atoms with Gasteiger partial charge in [0.25, 0.3) is 0 Å². The second kappa shape index (κ2) is 7.23. The summed E-state index contributed by atoms with van der Waals surface area (Å²) in [6.07, 6.45) is 3.15. The Labute approximate surface area is 136 Å². The molecule has 5 nitrogen and oxygen atoms in total. The van der Waals surface area contributed by atoms with Gasteiger partial charge in [0.2, 0.25) is 0 Å². The lowest BCUT2D eigenvalue weighted by Crippen LogP contribution is -2.33. The van der Waals surface area contributed by atoms with Crippen LogP contribution in [-0.4, -0.2) is 47.3 Å². The molecule has 0 bridgehead atoms. The number of hydrogen-bond donors (Lipinski definition) is 1. The topological polar surface area (TPSA) is 63.4 Å². The normalized spacial score (nSPS) is 19.1. The summed E-state index contributed by atoms with van der Waals surface area (Å²) in [6, 6.07) is 13.8. The molecule has 1 aliphatic heterocycles. The molecule has 1 fully saturated rings. The summed E-state index contributed by atoms with van der Waals surface area (Å²) in [5.41, 5.74) is 2.87. The van der Waals surface area contributed by atoms with Gasteiger partial charge in [-0.25, -0.2) is 0 Å². The highest BCUT2D eigenvalue weighted by molar-refractivity contribution is 5.45. The monoisotopic (exact) mass is 308 g/mol. The van der Waals surface area contributed by atoms with E-state index in [1.807, 2.05) is 36.4 Å². The van der Waals surface area contributed by atoms with Crippen LogP contribution in [0.4, 0.5) is 5.69 Å². The zero-order valence-corrected chi connectivity index (χ0v) is 13.0. The molecule has 1 atom stereocenters. The summed E-state index contributed by atoms with van der Waals surface area (Å²) >= 11 is 0. The minimum absolute atomic E-state index is 0.398. The Morgan fingerprint density at radius 1 is 1.17 bits per heavy atom. The molecular weight excluding hydrogens is 288 g/mol. The Kier molecular flexibility index (Phi) is 4.86. The van der Waals surface area contributed by atoms with Crippen LogP contribution in [0.2, 0.25) is 0 Å². The largest absolute Gasteiger partial charge is 0.390 e. The van der Waals surface area contributed by atoms with Crippen molar-refractivity contribution in [2.45, 2.75) is 12.6 Å². The molecule has 2 aromatic rings. The molecule has 1 aliphatic rings. The molecule has 118 valence electrons. The molecule has 5 heteroatoms. The minimum Gasteiger partial charge on any atom is -0.390 e. The fraction of sp³-hybridized carbons (Fsp3) is 0.333. The number of β-amino-alcohol motifs (C(OH)–C–C–N with tert-alkyl or cyclic N) is 1. The summed E-state index contributed by atoms with van der Waals surface area (Å²) in [4.78, 5) is 8.47. The number of hydrogen-bond acceptors (Lipinski definition) is 5. The van der Waals surface area contributed by atoms with Gasteiger partial charge in [-0.05, 0) is 29.8 Å². The SMILES string of the molecule is N#Cc1cccc(CN2CCN(c3ccncc3)C[C@@H](O)C2)c1. The van der Waals surface area contributed by atoms with Gasteiger partial charge in [0.05, 0.1) is 17.7 Å². The van der Waals surface area contributed by atoms with Crippen molar-refractivity contribution in [1.29, 1.82) is 5.26 Å². The van der Waals surface area contributed by atoms with Crippen LogP contribution >= 0.6 is 0 Å². The predicted octanol–water partition coefficient (Wildman–Crippen LogP) is 1.64. The maximum Gasteiger partial charge on any atom is 0.0991 e. The molecule has 0 radical (unpaired) electrons. The van der Waals surface area contributed by atoms with Crippen LogP contribution in [0.15, 0.2) is 48.8 Å². The first-order valence-electron chi connectivity index (χ1n) is 7.79.